The van der Waals surface area contributed by atoms with E-state index in [1.807, 2.05) is 19.1 Å². The van der Waals surface area contributed by atoms with E-state index >= 15 is 0 Å². The molecule has 0 bridgehead atoms. The number of nitrogens with one attached hydrogen (secondary N) is 2. The Morgan fingerprint density at radius 1 is 1.33 bits per heavy atom. The van der Waals surface area contributed by atoms with Gasteiger partial charge < -0.3 is 15.4 Å². The predicted molar refractivity (Wildman–Crippen MR) is 57.5 cm³/mol. The summed E-state index contributed by atoms with van der Waals surface area (Å²) in [4.78, 5) is 21.7. The second-order valence-corrected chi connectivity index (χ2v) is 2.84. The molecule has 0 aromatic rings. The first kappa shape index (κ1) is 13.5. The normalized spacial score (nSPS) is 10.0. The van der Waals surface area contributed by atoms with E-state index in [-0.39, 0.29) is 12.5 Å². The number of hydrogen-bond donors (Lipinski definition) is 2. The Morgan fingerprint density at radius 3 is 2.67 bits per heavy atom. The quantitative estimate of drug-likeness (QED) is 0.508. The van der Waals surface area contributed by atoms with Gasteiger partial charge in [-0.3, -0.25) is 4.79 Å². The summed E-state index contributed by atoms with van der Waals surface area (Å²) in [7, 11) is 1.49. The highest BCUT2D eigenvalue weighted by atomic mass is 16.6. The summed E-state index contributed by atoms with van der Waals surface area (Å²) in [6.07, 6.45) is 5.20. The second-order valence-electron chi connectivity index (χ2n) is 2.84. The van der Waals surface area contributed by atoms with Crippen molar-refractivity contribution in [2.75, 3.05) is 20.2 Å². The second kappa shape index (κ2) is 9.05. The smallest absolute Gasteiger partial charge is 0.407 e. The Labute approximate surface area is 89.9 Å². The van der Waals surface area contributed by atoms with E-state index in [0.29, 0.717) is 6.54 Å². The highest BCUT2D eigenvalue weighted by Crippen LogP contribution is 1.85. The van der Waals surface area contributed by atoms with Crippen LogP contribution < -0.4 is 10.6 Å². The van der Waals surface area contributed by atoms with E-state index in [1.54, 1.807) is 0 Å². The van der Waals surface area contributed by atoms with Gasteiger partial charge in [0.2, 0.25) is 0 Å². The van der Waals surface area contributed by atoms with Crippen molar-refractivity contribution in [3.05, 3.63) is 12.2 Å². The molecule has 0 unspecified atom stereocenters. The van der Waals surface area contributed by atoms with Crippen LogP contribution in [0.25, 0.3) is 0 Å². The third-order valence-corrected chi connectivity index (χ3v) is 1.60. The zero-order chi connectivity index (χ0) is 11.5. The third kappa shape index (κ3) is 8.80. The van der Waals surface area contributed by atoms with E-state index in [1.165, 1.54) is 7.05 Å². The summed E-state index contributed by atoms with van der Waals surface area (Å²) in [5.41, 5.74) is 0. The van der Waals surface area contributed by atoms with Crippen LogP contribution >= 0.6 is 0 Å². The molecular formula is C10H18N2O3. The Kier molecular flexibility index (Phi) is 8.13. The van der Waals surface area contributed by atoms with Gasteiger partial charge in [0.05, 0.1) is 0 Å². The number of rotatable bonds is 6. The molecule has 0 rings (SSSR count). The summed E-state index contributed by atoms with van der Waals surface area (Å²) in [5, 5.41) is 4.88. The van der Waals surface area contributed by atoms with Crippen LogP contribution in [0.4, 0.5) is 4.79 Å². The van der Waals surface area contributed by atoms with Gasteiger partial charge in [-0.15, -0.1) is 0 Å². The summed E-state index contributed by atoms with van der Waals surface area (Å²) in [6.45, 7) is 2.32. The summed E-state index contributed by atoms with van der Waals surface area (Å²) >= 11 is 0. The van der Waals surface area contributed by atoms with Crippen molar-refractivity contribution in [2.45, 2.75) is 19.8 Å². The number of alkyl carbamates (subject to hydrolysis) is 1. The van der Waals surface area contributed by atoms with Crippen molar-refractivity contribution in [3.63, 3.8) is 0 Å². The minimum atomic E-state index is -0.566. The van der Waals surface area contributed by atoms with Crippen LogP contribution in [-0.2, 0) is 9.53 Å². The first-order valence-electron chi connectivity index (χ1n) is 4.97. The molecule has 2 N–H and O–H groups in total. The Hall–Kier alpha value is -1.52. The lowest BCUT2D eigenvalue weighted by Crippen LogP contribution is -2.30. The molecule has 5 heteroatoms. The fourth-order valence-corrected chi connectivity index (χ4v) is 0.796. The van der Waals surface area contributed by atoms with Crippen LogP contribution in [-0.4, -0.2) is 32.2 Å². The van der Waals surface area contributed by atoms with Crippen molar-refractivity contribution < 1.29 is 14.3 Å². The molecule has 0 saturated carbocycles. The topological polar surface area (TPSA) is 67.4 Å². The molecule has 0 aliphatic rings. The number of carbonyl (C=O) groups is 2. The van der Waals surface area contributed by atoms with Crippen molar-refractivity contribution in [1.29, 1.82) is 0 Å². The Balaban J connectivity index is 3.41. The summed E-state index contributed by atoms with van der Waals surface area (Å²) < 4.78 is 4.62. The zero-order valence-corrected chi connectivity index (χ0v) is 9.21. The molecule has 0 spiro atoms. The monoisotopic (exact) mass is 214 g/mol. The molecule has 0 heterocycles. The average Bonchev–Trinajstić information content (AvgIpc) is 2.25. The molecule has 0 radical (unpaired) electrons. The molecule has 0 aromatic carbocycles. The summed E-state index contributed by atoms with van der Waals surface area (Å²) in [6, 6.07) is 0. The van der Waals surface area contributed by atoms with Gasteiger partial charge in [0, 0.05) is 13.6 Å². The molecule has 0 saturated heterocycles. The SMILES string of the molecule is CC/C=C\CCNC(=O)OCC(=O)NC. The van der Waals surface area contributed by atoms with Crippen LogP contribution in [0, 0.1) is 0 Å². The van der Waals surface area contributed by atoms with Gasteiger partial charge in [-0.2, -0.15) is 0 Å². The molecule has 2 amide bonds. The van der Waals surface area contributed by atoms with E-state index in [2.05, 4.69) is 15.4 Å². The number of hydrogen-bond acceptors (Lipinski definition) is 3. The maximum atomic E-state index is 11.0. The fraction of sp³-hybridized carbons (Fsp3) is 0.600. The van der Waals surface area contributed by atoms with Gasteiger partial charge in [0.15, 0.2) is 6.61 Å². The van der Waals surface area contributed by atoms with Crippen LogP contribution in [0.2, 0.25) is 0 Å². The number of likely N-dealkylation sites (N-methyl/N-ethyl adjacent to an activating group) is 1. The van der Waals surface area contributed by atoms with Gasteiger partial charge in [0.1, 0.15) is 0 Å². The Bertz CT molecular complexity index is 227. The van der Waals surface area contributed by atoms with Gasteiger partial charge in [0.25, 0.3) is 5.91 Å². The fourth-order valence-electron chi connectivity index (χ4n) is 0.796. The molecule has 86 valence electrons. The van der Waals surface area contributed by atoms with Crippen LogP contribution in [0.3, 0.4) is 0 Å². The number of amides is 2. The van der Waals surface area contributed by atoms with Crippen molar-refractivity contribution in [2.24, 2.45) is 0 Å². The van der Waals surface area contributed by atoms with Crippen LogP contribution in [0.15, 0.2) is 12.2 Å². The standard InChI is InChI=1S/C10H18N2O3/c1-3-4-5-6-7-12-10(14)15-8-9(13)11-2/h4-5H,3,6-8H2,1-2H3,(H,11,13)(H,12,14)/b5-4-. The molecular weight excluding hydrogens is 196 g/mol. The van der Waals surface area contributed by atoms with Gasteiger partial charge in [-0.1, -0.05) is 19.1 Å². The first-order valence-corrected chi connectivity index (χ1v) is 4.97. The predicted octanol–water partition coefficient (Wildman–Crippen LogP) is 0.815. The third-order valence-electron chi connectivity index (χ3n) is 1.60. The van der Waals surface area contributed by atoms with E-state index in [4.69, 9.17) is 0 Å². The molecule has 0 aliphatic heterocycles. The van der Waals surface area contributed by atoms with Crippen molar-refractivity contribution >= 4 is 12.0 Å². The number of ether oxygens (including phenoxy) is 1. The number of carbonyl (C=O) groups excluding carboxylic acids is 2. The lowest BCUT2D eigenvalue weighted by Gasteiger charge is -2.04. The number of allylic oxidation sites excluding steroid dienone is 1. The van der Waals surface area contributed by atoms with E-state index < -0.39 is 6.09 Å². The van der Waals surface area contributed by atoms with Gasteiger partial charge in [-0.25, -0.2) is 4.79 Å². The average molecular weight is 214 g/mol. The maximum absolute atomic E-state index is 11.0. The summed E-state index contributed by atoms with van der Waals surface area (Å²) in [5.74, 6) is -0.323. The van der Waals surface area contributed by atoms with Gasteiger partial charge >= 0.3 is 6.09 Å². The van der Waals surface area contributed by atoms with Crippen LogP contribution in [0.5, 0.6) is 0 Å². The minimum Gasteiger partial charge on any atom is -0.439 e. The molecule has 0 atom stereocenters. The lowest BCUT2D eigenvalue weighted by molar-refractivity contribution is -0.123. The van der Waals surface area contributed by atoms with Crippen molar-refractivity contribution in [3.8, 4) is 0 Å². The Morgan fingerprint density at radius 2 is 2.07 bits per heavy atom. The highest BCUT2D eigenvalue weighted by Gasteiger charge is 2.03. The van der Waals surface area contributed by atoms with Crippen molar-refractivity contribution in [1.82, 2.24) is 10.6 Å². The minimum absolute atomic E-state index is 0.243. The van der Waals surface area contributed by atoms with Crippen LogP contribution in [0.1, 0.15) is 19.8 Å². The molecule has 5 nitrogen and oxygen atoms in total. The maximum Gasteiger partial charge on any atom is 0.407 e. The largest absolute Gasteiger partial charge is 0.439 e. The zero-order valence-electron chi connectivity index (χ0n) is 9.21. The van der Waals surface area contributed by atoms with E-state index in [9.17, 15) is 9.59 Å². The lowest BCUT2D eigenvalue weighted by atomic mass is 10.3. The first-order chi connectivity index (χ1) is 7.20. The van der Waals surface area contributed by atoms with E-state index in [0.717, 1.165) is 12.8 Å². The van der Waals surface area contributed by atoms with Gasteiger partial charge in [-0.05, 0) is 12.8 Å². The molecule has 15 heavy (non-hydrogen) atoms. The highest BCUT2D eigenvalue weighted by molar-refractivity contribution is 5.79. The molecule has 0 aliphatic carbocycles. The molecule has 0 fully saturated rings. The molecule has 0 aromatic heterocycles.